The minimum Gasteiger partial charge on any atom is -0.371 e. The molecule has 0 aliphatic carbocycles. The van der Waals surface area contributed by atoms with Crippen LogP contribution in [0.1, 0.15) is 31.2 Å². The summed E-state index contributed by atoms with van der Waals surface area (Å²) in [5.41, 5.74) is 1.71. The Labute approximate surface area is 181 Å². The number of carbonyl (C=O) groups excluding carboxylic acids is 1. The minimum atomic E-state index is -3.62. The summed E-state index contributed by atoms with van der Waals surface area (Å²) in [6.45, 7) is 1.99. The molecule has 9 heteroatoms. The van der Waals surface area contributed by atoms with Crippen molar-refractivity contribution in [2.45, 2.75) is 42.0 Å². The van der Waals surface area contributed by atoms with Gasteiger partial charge in [0.1, 0.15) is 10.3 Å². The smallest absolute Gasteiger partial charge is 0.253 e. The molecule has 30 heavy (non-hydrogen) atoms. The van der Waals surface area contributed by atoms with E-state index in [9.17, 15) is 13.2 Å². The van der Waals surface area contributed by atoms with E-state index in [-0.39, 0.29) is 16.2 Å². The van der Waals surface area contributed by atoms with Gasteiger partial charge < -0.3 is 10.2 Å². The molecule has 1 unspecified atom stereocenters. The lowest BCUT2D eigenvalue weighted by Crippen LogP contribution is -2.51. The lowest BCUT2D eigenvalue weighted by Gasteiger charge is -2.35. The number of carbonyl (C=O) groups is 1. The van der Waals surface area contributed by atoms with E-state index in [4.69, 9.17) is 5.26 Å². The predicted octanol–water partition coefficient (Wildman–Crippen LogP) is 2.56. The Kier molecular flexibility index (Phi) is 6.09. The molecule has 7 nitrogen and oxygen atoms in total. The molecule has 1 amide bonds. The summed E-state index contributed by atoms with van der Waals surface area (Å²) in [6, 6.07) is 12.4. The number of rotatable bonds is 5. The molecule has 0 bridgehead atoms. The molecule has 2 aromatic rings. The largest absolute Gasteiger partial charge is 0.371 e. The van der Waals surface area contributed by atoms with Gasteiger partial charge in [-0.15, -0.1) is 11.3 Å². The van der Waals surface area contributed by atoms with Crippen LogP contribution in [-0.4, -0.2) is 50.3 Å². The summed E-state index contributed by atoms with van der Waals surface area (Å²) in [5.74, 6) is -0.190. The number of amides is 1. The first-order chi connectivity index (χ1) is 14.5. The van der Waals surface area contributed by atoms with Crippen LogP contribution in [0.2, 0.25) is 0 Å². The number of hydrogen-bond donors (Lipinski definition) is 1. The normalized spacial score (nSPS) is 20.8. The molecule has 0 saturated carbocycles. The van der Waals surface area contributed by atoms with Crippen molar-refractivity contribution in [2.75, 3.05) is 24.5 Å². The van der Waals surface area contributed by atoms with Crippen molar-refractivity contribution in [2.24, 2.45) is 0 Å². The van der Waals surface area contributed by atoms with E-state index in [1.807, 2.05) is 24.3 Å². The van der Waals surface area contributed by atoms with Crippen molar-refractivity contribution in [3.8, 4) is 6.07 Å². The summed E-state index contributed by atoms with van der Waals surface area (Å²) in [7, 11) is -3.62. The number of nitrogens with one attached hydrogen (secondary N) is 1. The Morgan fingerprint density at radius 3 is 2.47 bits per heavy atom. The van der Waals surface area contributed by atoms with Crippen LogP contribution in [-0.2, 0) is 14.8 Å². The van der Waals surface area contributed by atoms with E-state index in [0.717, 1.165) is 31.6 Å². The van der Waals surface area contributed by atoms with Gasteiger partial charge in [0.05, 0.1) is 11.6 Å². The fraction of sp³-hybridized carbons (Fsp3) is 0.429. The maximum absolute atomic E-state index is 12.9. The Balaban J connectivity index is 1.35. The predicted molar refractivity (Wildman–Crippen MR) is 116 cm³/mol. The maximum atomic E-state index is 12.9. The Morgan fingerprint density at radius 2 is 1.83 bits per heavy atom. The molecule has 2 aliphatic rings. The van der Waals surface area contributed by atoms with Crippen molar-refractivity contribution in [1.82, 2.24) is 9.62 Å². The van der Waals surface area contributed by atoms with Crippen LogP contribution in [0.3, 0.4) is 0 Å². The Hall–Kier alpha value is -2.41. The molecule has 158 valence electrons. The second-order valence-electron chi connectivity index (χ2n) is 7.63. The van der Waals surface area contributed by atoms with Crippen LogP contribution in [0.4, 0.5) is 5.69 Å². The van der Waals surface area contributed by atoms with E-state index >= 15 is 0 Å². The third kappa shape index (κ3) is 4.21. The summed E-state index contributed by atoms with van der Waals surface area (Å²) in [5, 5.41) is 13.7. The summed E-state index contributed by atoms with van der Waals surface area (Å²) >= 11 is 1.18. The highest BCUT2D eigenvalue weighted by atomic mass is 32.2. The van der Waals surface area contributed by atoms with Crippen molar-refractivity contribution in [3.05, 3.63) is 47.3 Å². The zero-order chi connectivity index (χ0) is 21.1. The molecule has 1 atom stereocenters. The summed E-state index contributed by atoms with van der Waals surface area (Å²) in [4.78, 5) is 15.1. The quantitative estimate of drug-likeness (QED) is 0.765. The van der Waals surface area contributed by atoms with Gasteiger partial charge in [0, 0.05) is 31.4 Å². The van der Waals surface area contributed by atoms with Crippen LogP contribution >= 0.6 is 11.3 Å². The molecular weight excluding hydrogens is 420 g/mol. The van der Waals surface area contributed by atoms with Crippen LogP contribution in [0.5, 0.6) is 0 Å². The van der Waals surface area contributed by atoms with Crippen LogP contribution in [0, 0.1) is 11.3 Å². The fourth-order valence-corrected chi connectivity index (χ4v) is 6.92. The first kappa shape index (κ1) is 20.8. The zero-order valence-electron chi connectivity index (χ0n) is 16.5. The van der Waals surface area contributed by atoms with E-state index < -0.39 is 16.1 Å². The van der Waals surface area contributed by atoms with Crippen LogP contribution < -0.4 is 10.2 Å². The molecule has 0 radical (unpaired) electrons. The van der Waals surface area contributed by atoms with Gasteiger partial charge in [-0.05, 0) is 61.4 Å². The van der Waals surface area contributed by atoms with Gasteiger partial charge >= 0.3 is 0 Å². The molecule has 2 fully saturated rings. The lowest BCUT2D eigenvalue weighted by atomic mass is 10.0. The van der Waals surface area contributed by atoms with Crippen molar-refractivity contribution >= 4 is 33.0 Å². The average molecular weight is 445 g/mol. The van der Waals surface area contributed by atoms with E-state index in [2.05, 4.69) is 16.3 Å². The zero-order valence-corrected chi connectivity index (χ0v) is 18.2. The minimum absolute atomic E-state index is 0.0408. The molecule has 4 rings (SSSR count). The highest BCUT2D eigenvalue weighted by Gasteiger charge is 2.40. The molecule has 0 spiro atoms. The van der Waals surface area contributed by atoms with Crippen molar-refractivity contribution in [3.63, 3.8) is 0 Å². The number of nitriles is 1. The van der Waals surface area contributed by atoms with E-state index in [1.54, 1.807) is 17.5 Å². The topological polar surface area (TPSA) is 93.5 Å². The lowest BCUT2D eigenvalue weighted by molar-refractivity contribution is -0.125. The molecule has 1 N–H and O–H groups in total. The van der Waals surface area contributed by atoms with Gasteiger partial charge in [-0.2, -0.15) is 9.57 Å². The SMILES string of the molecule is N#Cc1ccc(N2CCC(NC(=O)C3CCCN3S(=O)(=O)c3cccs3)CC2)cc1. The highest BCUT2D eigenvalue weighted by molar-refractivity contribution is 7.91. The monoisotopic (exact) mass is 444 g/mol. The Bertz CT molecular complexity index is 1020. The molecule has 3 heterocycles. The number of benzene rings is 1. The van der Waals surface area contributed by atoms with Gasteiger partial charge in [-0.25, -0.2) is 8.42 Å². The Morgan fingerprint density at radius 1 is 1.10 bits per heavy atom. The number of anilines is 1. The van der Waals surface area contributed by atoms with Crippen molar-refractivity contribution < 1.29 is 13.2 Å². The standard InChI is InChI=1S/C21H24N4O3S2/c22-15-16-5-7-18(8-6-16)24-12-9-17(10-13-24)23-21(26)19-3-1-11-25(19)30(27,28)20-4-2-14-29-20/h2,4-8,14,17,19H,1,3,9-13H2,(H,23,26). The number of hydrogen-bond acceptors (Lipinski definition) is 6. The van der Waals surface area contributed by atoms with Gasteiger partial charge in [0.25, 0.3) is 10.0 Å². The van der Waals surface area contributed by atoms with Gasteiger partial charge in [0.15, 0.2) is 0 Å². The molecule has 2 aliphatic heterocycles. The van der Waals surface area contributed by atoms with Crippen molar-refractivity contribution in [1.29, 1.82) is 5.26 Å². The fourth-order valence-electron chi connectivity index (χ4n) is 4.14. The maximum Gasteiger partial charge on any atom is 0.253 e. The van der Waals surface area contributed by atoms with Crippen LogP contribution in [0.15, 0.2) is 46.0 Å². The number of thiophene rings is 1. The van der Waals surface area contributed by atoms with Gasteiger partial charge in [0.2, 0.25) is 5.91 Å². The van der Waals surface area contributed by atoms with E-state index in [0.29, 0.717) is 24.9 Å². The number of sulfonamides is 1. The third-order valence-electron chi connectivity index (χ3n) is 5.77. The summed E-state index contributed by atoms with van der Waals surface area (Å²) in [6.07, 6.45) is 2.85. The van der Waals surface area contributed by atoms with E-state index in [1.165, 1.54) is 15.6 Å². The molecular formula is C21H24N4O3S2. The first-order valence-corrected chi connectivity index (χ1v) is 12.4. The number of piperidine rings is 1. The first-order valence-electron chi connectivity index (χ1n) is 10.1. The molecule has 1 aromatic carbocycles. The van der Waals surface area contributed by atoms with Crippen LogP contribution in [0.25, 0.3) is 0 Å². The molecule has 1 aromatic heterocycles. The second-order valence-corrected chi connectivity index (χ2v) is 10.7. The van der Waals surface area contributed by atoms with Gasteiger partial charge in [-0.3, -0.25) is 4.79 Å². The molecule has 2 saturated heterocycles. The number of nitrogens with zero attached hydrogens (tertiary/aromatic N) is 3. The average Bonchev–Trinajstić information content (AvgIpc) is 3.47. The van der Waals surface area contributed by atoms with Gasteiger partial charge in [-0.1, -0.05) is 6.07 Å². The summed E-state index contributed by atoms with van der Waals surface area (Å²) < 4.78 is 27.4. The second kappa shape index (κ2) is 8.76. The third-order valence-corrected chi connectivity index (χ3v) is 9.05. The highest BCUT2D eigenvalue weighted by Crippen LogP contribution is 2.29.